The Morgan fingerprint density at radius 3 is 2.62 bits per heavy atom. The Morgan fingerprint density at radius 2 is 1.88 bits per heavy atom. The van der Waals surface area contributed by atoms with Gasteiger partial charge in [-0.1, -0.05) is 0 Å². The molecule has 0 saturated carbocycles. The molecule has 1 fully saturated rings. The van der Waals surface area contributed by atoms with Crippen LogP contribution >= 0.6 is 0 Å². The van der Waals surface area contributed by atoms with Crippen LogP contribution in [0.4, 0.5) is 0 Å². The average Bonchev–Trinajstić information content (AvgIpc) is 3.21. The molecule has 4 rings (SSSR count). The van der Waals surface area contributed by atoms with Crippen LogP contribution in [0.1, 0.15) is 38.7 Å². The molecule has 0 bridgehead atoms. The number of amides is 2. The Kier molecular flexibility index (Phi) is 4.50. The van der Waals surface area contributed by atoms with Crippen molar-refractivity contribution in [1.29, 1.82) is 0 Å². The summed E-state index contributed by atoms with van der Waals surface area (Å²) in [5.74, 6) is 0.180. The van der Waals surface area contributed by atoms with Crippen LogP contribution in [0.2, 0.25) is 0 Å². The number of carbonyl (C=O) groups is 2. The van der Waals surface area contributed by atoms with Gasteiger partial charge >= 0.3 is 0 Å². The topological polar surface area (TPSA) is 80.8 Å². The quantitative estimate of drug-likeness (QED) is 0.808. The molecule has 138 valence electrons. The summed E-state index contributed by atoms with van der Waals surface area (Å²) < 4.78 is 12.5. The van der Waals surface area contributed by atoms with Crippen molar-refractivity contribution in [1.82, 2.24) is 19.6 Å². The van der Waals surface area contributed by atoms with Gasteiger partial charge in [-0.15, -0.1) is 0 Å². The van der Waals surface area contributed by atoms with Gasteiger partial charge < -0.3 is 19.0 Å². The average molecular weight is 358 g/mol. The van der Waals surface area contributed by atoms with E-state index >= 15 is 0 Å². The van der Waals surface area contributed by atoms with Crippen LogP contribution in [0, 0.1) is 6.92 Å². The van der Waals surface area contributed by atoms with Gasteiger partial charge in [0.1, 0.15) is 0 Å². The fourth-order valence-electron chi connectivity index (χ4n) is 3.40. The summed E-state index contributed by atoms with van der Waals surface area (Å²) in [6.07, 6.45) is 2.31. The summed E-state index contributed by atoms with van der Waals surface area (Å²) in [7, 11) is 0. The summed E-state index contributed by atoms with van der Waals surface area (Å²) in [6, 6.07) is 3.59. The molecule has 2 amide bonds. The first kappa shape index (κ1) is 16.8. The third-order valence-electron chi connectivity index (χ3n) is 4.88. The van der Waals surface area contributed by atoms with Gasteiger partial charge in [-0.05, 0) is 25.5 Å². The molecule has 4 heterocycles. The van der Waals surface area contributed by atoms with Crippen LogP contribution in [-0.4, -0.2) is 64.2 Å². The second-order valence-electron chi connectivity index (χ2n) is 6.66. The van der Waals surface area contributed by atoms with E-state index in [1.807, 2.05) is 11.6 Å². The second kappa shape index (κ2) is 6.95. The number of furan rings is 1. The number of aromatic nitrogens is 2. The van der Waals surface area contributed by atoms with E-state index in [0.717, 1.165) is 17.7 Å². The van der Waals surface area contributed by atoms with E-state index in [1.54, 1.807) is 21.9 Å². The number of fused-ring (bicyclic) bond motifs is 1. The smallest absolute Gasteiger partial charge is 0.290 e. The molecule has 0 atom stereocenters. The largest absolute Gasteiger partial charge is 0.459 e. The molecule has 2 aliphatic heterocycles. The van der Waals surface area contributed by atoms with E-state index in [-0.39, 0.29) is 11.8 Å². The minimum absolute atomic E-state index is 0.0753. The van der Waals surface area contributed by atoms with Crippen LogP contribution in [-0.2, 0) is 17.8 Å². The number of rotatable bonds is 2. The zero-order valence-electron chi connectivity index (χ0n) is 14.8. The van der Waals surface area contributed by atoms with Gasteiger partial charge in [0.2, 0.25) is 0 Å². The maximum atomic E-state index is 12.7. The zero-order valence-corrected chi connectivity index (χ0v) is 14.8. The highest BCUT2D eigenvalue weighted by Crippen LogP contribution is 2.19. The number of morpholine rings is 1. The lowest BCUT2D eigenvalue weighted by Crippen LogP contribution is -2.40. The lowest BCUT2D eigenvalue weighted by molar-refractivity contribution is 0.0298. The van der Waals surface area contributed by atoms with Crippen molar-refractivity contribution in [3.8, 4) is 0 Å². The molecule has 8 heteroatoms. The van der Waals surface area contributed by atoms with Crippen molar-refractivity contribution < 1.29 is 18.7 Å². The first-order chi connectivity index (χ1) is 12.6. The van der Waals surface area contributed by atoms with Crippen molar-refractivity contribution >= 4 is 11.8 Å². The fourth-order valence-corrected chi connectivity index (χ4v) is 3.40. The van der Waals surface area contributed by atoms with E-state index in [2.05, 4.69) is 5.10 Å². The highest BCUT2D eigenvalue weighted by atomic mass is 16.5. The minimum atomic E-state index is -0.122. The minimum Gasteiger partial charge on any atom is -0.459 e. The fraction of sp³-hybridized carbons (Fsp3) is 0.500. The molecule has 2 aliphatic rings. The second-order valence-corrected chi connectivity index (χ2v) is 6.66. The number of nitrogens with zero attached hydrogens (tertiary/aromatic N) is 4. The molecule has 0 unspecified atom stereocenters. The standard InChI is InChI=1S/C18H22N4O4/c1-13-3-8-26-16(13)18(24)21-4-2-5-22-14(12-21)11-15(19-22)17(23)20-6-9-25-10-7-20/h3,8,11H,2,4-7,9-10,12H2,1H3. The van der Waals surface area contributed by atoms with Crippen LogP contribution in [0.15, 0.2) is 22.8 Å². The SMILES string of the molecule is Cc1ccoc1C(=O)N1CCCn2nc(C(=O)N3CCOCC3)cc2C1. The molecule has 0 radical (unpaired) electrons. The highest BCUT2D eigenvalue weighted by Gasteiger charge is 2.27. The monoisotopic (exact) mass is 358 g/mol. The van der Waals surface area contributed by atoms with E-state index in [0.29, 0.717) is 57.4 Å². The maximum absolute atomic E-state index is 12.7. The molecule has 0 aliphatic carbocycles. The van der Waals surface area contributed by atoms with Crippen LogP contribution in [0.25, 0.3) is 0 Å². The van der Waals surface area contributed by atoms with Crippen molar-refractivity contribution in [3.05, 3.63) is 41.1 Å². The first-order valence-electron chi connectivity index (χ1n) is 8.90. The van der Waals surface area contributed by atoms with Crippen LogP contribution in [0.3, 0.4) is 0 Å². The van der Waals surface area contributed by atoms with Gasteiger partial charge in [-0.25, -0.2) is 0 Å². The Labute approximate surface area is 151 Å². The van der Waals surface area contributed by atoms with E-state index in [1.165, 1.54) is 6.26 Å². The van der Waals surface area contributed by atoms with E-state index in [9.17, 15) is 9.59 Å². The normalized spacial score (nSPS) is 17.7. The number of hydrogen-bond donors (Lipinski definition) is 0. The molecule has 8 nitrogen and oxygen atoms in total. The van der Waals surface area contributed by atoms with Crippen molar-refractivity contribution in [2.75, 3.05) is 32.8 Å². The van der Waals surface area contributed by atoms with Crippen LogP contribution < -0.4 is 0 Å². The summed E-state index contributed by atoms with van der Waals surface area (Å²) in [5, 5.41) is 4.48. The van der Waals surface area contributed by atoms with Gasteiger partial charge in [-0.2, -0.15) is 5.10 Å². The third-order valence-corrected chi connectivity index (χ3v) is 4.88. The van der Waals surface area contributed by atoms with Crippen molar-refractivity contribution in [2.45, 2.75) is 26.4 Å². The Morgan fingerprint density at radius 1 is 1.08 bits per heavy atom. The van der Waals surface area contributed by atoms with Gasteiger partial charge in [0.15, 0.2) is 11.5 Å². The van der Waals surface area contributed by atoms with E-state index < -0.39 is 0 Å². The zero-order chi connectivity index (χ0) is 18.1. The van der Waals surface area contributed by atoms with E-state index in [4.69, 9.17) is 9.15 Å². The molecule has 26 heavy (non-hydrogen) atoms. The lowest BCUT2D eigenvalue weighted by atomic mass is 10.2. The molecular formula is C18H22N4O4. The highest BCUT2D eigenvalue weighted by molar-refractivity contribution is 5.93. The Balaban J connectivity index is 1.53. The van der Waals surface area contributed by atoms with Gasteiger partial charge in [-0.3, -0.25) is 14.3 Å². The molecular weight excluding hydrogens is 336 g/mol. The summed E-state index contributed by atoms with van der Waals surface area (Å²) in [5.41, 5.74) is 2.14. The lowest BCUT2D eigenvalue weighted by Gasteiger charge is -2.26. The van der Waals surface area contributed by atoms with Crippen molar-refractivity contribution in [2.24, 2.45) is 0 Å². The number of carbonyl (C=O) groups excluding carboxylic acids is 2. The molecule has 2 aromatic heterocycles. The molecule has 0 N–H and O–H groups in total. The molecule has 1 saturated heterocycles. The molecule has 0 spiro atoms. The van der Waals surface area contributed by atoms with Crippen LogP contribution in [0.5, 0.6) is 0 Å². The first-order valence-corrected chi connectivity index (χ1v) is 8.90. The Hall–Kier alpha value is -2.61. The van der Waals surface area contributed by atoms with Gasteiger partial charge in [0.25, 0.3) is 11.8 Å². The predicted molar refractivity (Wildman–Crippen MR) is 91.8 cm³/mol. The van der Waals surface area contributed by atoms with Gasteiger partial charge in [0, 0.05) is 31.7 Å². The maximum Gasteiger partial charge on any atom is 0.290 e. The number of ether oxygens (including phenoxy) is 1. The molecule has 2 aromatic rings. The molecule has 0 aromatic carbocycles. The summed E-state index contributed by atoms with van der Waals surface area (Å²) >= 11 is 0. The number of hydrogen-bond acceptors (Lipinski definition) is 5. The number of aryl methyl sites for hydroxylation is 2. The Bertz CT molecular complexity index is 819. The predicted octanol–water partition coefficient (Wildman–Crippen LogP) is 1.30. The third kappa shape index (κ3) is 3.12. The van der Waals surface area contributed by atoms with Crippen molar-refractivity contribution in [3.63, 3.8) is 0 Å². The summed E-state index contributed by atoms with van der Waals surface area (Å²) in [4.78, 5) is 28.9. The summed E-state index contributed by atoms with van der Waals surface area (Å²) in [6.45, 7) is 5.89. The van der Waals surface area contributed by atoms with Gasteiger partial charge in [0.05, 0.1) is 31.7 Å².